The number of para-hydroxylation sites is 1. The van der Waals surface area contributed by atoms with Gasteiger partial charge in [0, 0.05) is 29.9 Å². The summed E-state index contributed by atoms with van der Waals surface area (Å²) in [6.45, 7) is 9.52. The first kappa shape index (κ1) is 19.1. The third-order valence-corrected chi connectivity index (χ3v) is 5.14. The van der Waals surface area contributed by atoms with Crippen molar-refractivity contribution in [3.05, 3.63) is 66.2 Å². The van der Waals surface area contributed by atoms with Crippen LogP contribution in [0.25, 0.3) is 0 Å². The summed E-state index contributed by atoms with van der Waals surface area (Å²) < 4.78 is 0. The van der Waals surface area contributed by atoms with Crippen LogP contribution < -0.4 is 4.90 Å². The van der Waals surface area contributed by atoms with Gasteiger partial charge >= 0.3 is 0 Å². The largest absolute Gasteiger partial charge is 0.493 e. The molecule has 1 heterocycles. The number of anilines is 1. The Bertz CT molecular complexity index is 776. The van der Waals surface area contributed by atoms with E-state index in [0.717, 1.165) is 11.4 Å². The van der Waals surface area contributed by atoms with Gasteiger partial charge in [-0.05, 0) is 24.6 Å². The van der Waals surface area contributed by atoms with Crippen molar-refractivity contribution in [3.8, 4) is 0 Å². The van der Waals surface area contributed by atoms with Crippen LogP contribution >= 0.6 is 11.8 Å². The molecule has 1 aromatic carbocycles. The predicted molar refractivity (Wildman–Crippen MR) is 107 cm³/mol. The molecule has 0 atom stereocenters. The Morgan fingerprint density at radius 3 is 2.72 bits per heavy atom. The molecule has 1 aliphatic heterocycles. The number of thioether (sulfide) groups is 1. The highest BCUT2D eigenvalue weighted by molar-refractivity contribution is 8.14. The highest BCUT2D eigenvalue weighted by Crippen LogP contribution is 2.46. The van der Waals surface area contributed by atoms with Crippen LogP contribution in [0.4, 0.5) is 5.69 Å². The van der Waals surface area contributed by atoms with Gasteiger partial charge in [-0.2, -0.15) is 0 Å². The fourth-order valence-corrected chi connectivity index (χ4v) is 3.56. The number of benzene rings is 1. The number of carbonyl (C=O) groups excluding carboxylic acids is 1. The maximum Gasteiger partial charge on any atom is 0.211 e. The molecular weight excluding hydrogens is 332 g/mol. The number of likely N-dealkylation sites (N-methyl/N-ethyl adjacent to an activating group) is 1. The second-order valence-electron chi connectivity index (χ2n) is 6.38. The first-order chi connectivity index (χ1) is 11.8. The number of carbonyl (C=O) groups is 1. The quantitative estimate of drug-likeness (QED) is 0.275. The van der Waals surface area contributed by atoms with Crippen LogP contribution in [0.5, 0.6) is 0 Å². The van der Waals surface area contributed by atoms with Crippen LogP contribution in [0.1, 0.15) is 26.3 Å². The molecule has 0 amide bonds. The number of aliphatic hydroxyl groups excluding tert-OH is 1. The van der Waals surface area contributed by atoms with Gasteiger partial charge in [-0.25, -0.2) is 4.99 Å². The Hall–Kier alpha value is -2.27. The zero-order chi connectivity index (χ0) is 18.6. The number of ketones is 1. The summed E-state index contributed by atoms with van der Waals surface area (Å²) in [5.41, 5.74) is 3.14. The van der Waals surface area contributed by atoms with E-state index >= 15 is 0 Å². The minimum Gasteiger partial charge on any atom is -0.493 e. The molecule has 4 nitrogen and oxygen atoms in total. The summed E-state index contributed by atoms with van der Waals surface area (Å²) in [5.74, 6) is 0.188. The van der Waals surface area contributed by atoms with Crippen LogP contribution in [0.2, 0.25) is 0 Å². The molecule has 1 N–H and O–H groups in total. The number of fused-ring (bicyclic) bond motifs is 1. The van der Waals surface area contributed by atoms with Crippen LogP contribution in [0, 0.1) is 0 Å². The van der Waals surface area contributed by atoms with Crippen molar-refractivity contribution in [1.29, 1.82) is 0 Å². The van der Waals surface area contributed by atoms with Gasteiger partial charge in [-0.15, -0.1) is 11.8 Å². The molecule has 132 valence electrons. The molecule has 1 aliphatic rings. The molecule has 0 fully saturated rings. The average molecular weight is 356 g/mol. The standard InChI is InChI=1S/C20H24N2O2S/c1-6-9-19(24)21-14(2)25-13-15(23)12-18-20(3,4)16-10-7-8-11-17(16)22(18)5/h6-12,24H,1,13H2,2-5H3/b18-12+,19-9+,21-14?. The maximum atomic E-state index is 12.4. The Morgan fingerprint density at radius 2 is 2.08 bits per heavy atom. The van der Waals surface area contributed by atoms with Gasteiger partial charge in [0.2, 0.25) is 5.88 Å². The van der Waals surface area contributed by atoms with Gasteiger partial charge in [0.15, 0.2) is 5.78 Å². The Balaban J connectivity index is 2.12. The molecule has 5 heteroatoms. The maximum absolute atomic E-state index is 12.4. The second-order valence-corrected chi connectivity index (χ2v) is 7.55. The zero-order valence-corrected chi connectivity index (χ0v) is 15.9. The van der Waals surface area contributed by atoms with Crippen LogP contribution in [-0.4, -0.2) is 28.7 Å². The lowest BCUT2D eigenvalue weighted by molar-refractivity contribution is -0.112. The fourth-order valence-electron chi connectivity index (χ4n) is 2.96. The number of hydrogen-bond acceptors (Lipinski definition) is 5. The molecule has 0 radical (unpaired) electrons. The van der Waals surface area contributed by atoms with E-state index in [2.05, 4.69) is 42.5 Å². The van der Waals surface area contributed by atoms with Crippen molar-refractivity contribution in [2.24, 2.45) is 4.99 Å². The van der Waals surface area contributed by atoms with Crippen LogP contribution in [0.3, 0.4) is 0 Å². The summed E-state index contributed by atoms with van der Waals surface area (Å²) in [4.78, 5) is 18.5. The average Bonchev–Trinajstić information content (AvgIpc) is 2.75. The SMILES string of the molecule is C=C/C=C(/O)N=C(C)SCC(=O)/C=C1/N(C)c2ccccc2C1(C)C. The predicted octanol–water partition coefficient (Wildman–Crippen LogP) is 4.60. The molecule has 0 spiro atoms. The minimum atomic E-state index is -0.209. The molecule has 0 aliphatic carbocycles. The lowest BCUT2D eigenvalue weighted by Gasteiger charge is -2.23. The number of hydrogen-bond donors (Lipinski definition) is 1. The van der Waals surface area contributed by atoms with Crippen molar-refractivity contribution in [2.45, 2.75) is 26.2 Å². The number of aliphatic imine (C=N–C) groups is 1. The number of allylic oxidation sites excluding steroid dienone is 4. The van der Waals surface area contributed by atoms with Crippen molar-refractivity contribution in [3.63, 3.8) is 0 Å². The van der Waals surface area contributed by atoms with Crippen LogP contribution in [0.15, 0.2) is 65.6 Å². The van der Waals surface area contributed by atoms with Crippen molar-refractivity contribution >= 4 is 28.3 Å². The third-order valence-electron chi connectivity index (χ3n) is 4.20. The van der Waals surface area contributed by atoms with Gasteiger partial charge in [0.05, 0.1) is 10.8 Å². The van der Waals surface area contributed by atoms with E-state index in [9.17, 15) is 9.90 Å². The van der Waals surface area contributed by atoms with E-state index in [1.54, 1.807) is 13.0 Å². The van der Waals surface area contributed by atoms with E-state index in [4.69, 9.17) is 0 Å². The topological polar surface area (TPSA) is 52.9 Å². The first-order valence-corrected chi connectivity index (χ1v) is 9.04. The molecule has 2 rings (SSSR count). The normalized spacial score (nSPS) is 18.4. The fraction of sp³-hybridized carbons (Fsp3) is 0.300. The summed E-state index contributed by atoms with van der Waals surface area (Å²) in [6, 6.07) is 8.22. The van der Waals surface area contributed by atoms with E-state index in [1.807, 2.05) is 19.2 Å². The van der Waals surface area contributed by atoms with Crippen molar-refractivity contribution < 1.29 is 9.90 Å². The summed E-state index contributed by atoms with van der Waals surface area (Å²) in [5, 5.41) is 10.1. The third kappa shape index (κ3) is 4.23. The number of aliphatic hydroxyl groups is 1. The Kier molecular flexibility index (Phi) is 5.90. The Labute approximate surface area is 153 Å². The summed E-state index contributed by atoms with van der Waals surface area (Å²) in [7, 11) is 1.99. The summed E-state index contributed by atoms with van der Waals surface area (Å²) in [6.07, 6.45) is 4.59. The van der Waals surface area contributed by atoms with E-state index in [-0.39, 0.29) is 22.8 Å². The van der Waals surface area contributed by atoms with Crippen LogP contribution in [-0.2, 0) is 10.2 Å². The Morgan fingerprint density at radius 1 is 1.40 bits per heavy atom. The number of nitrogens with zero attached hydrogens (tertiary/aromatic N) is 2. The van der Waals surface area contributed by atoms with Crippen molar-refractivity contribution in [1.82, 2.24) is 0 Å². The molecule has 0 saturated carbocycles. The van der Waals surface area contributed by atoms with E-state index in [1.165, 1.54) is 29.5 Å². The molecule has 25 heavy (non-hydrogen) atoms. The lowest BCUT2D eigenvalue weighted by atomic mass is 9.83. The van der Waals surface area contributed by atoms with Crippen molar-refractivity contribution in [2.75, 3.05) is 17.7 Å². The lowest BCUT2D eigenvalue weighted by Crippen LogP contribution is -2.24. The molecule has 0 saturated heterocycles. The second kappa shape index (κ2) is 7.74. The molecule has 0 unspecified atom stereocenters. The van der Waals surface area contributed by atoms with Gasteiger partial charge in [-0.3, -0.25) is 4.79 Å². The molecule has 0 aromatic heterocycles. The van der Waals surface area contributed by atoms with Gasteiger partial charge in [-0.1, -0.05) is 44.7 Å². The molecular formula is C20H24N2O2S. The highest BCUT2D eigenvalue weighted by atomic mass is 32.2. The molecule has 0 bridgehead atoms. The van der Waals surface area contributed by atoms with Gasteiger partial charge in [0.25, 0.3) is 0 Å². The monoisotopic (exact) mass is 356 g/mol. The molecule has 1 aromatic rings. The van der Waals surface area contributed by atoms with Gasteiger partial charge < -0.3 is 10.0 Å². The van der Waals surface area contributed by atoms with E-state index in [0.29, 0.717) is 5.04 Å². The smallest absolute Gasteiger partial charge is 0.211 e. The summed E-state index contributed by atoms with van der Waals surface area (Å²) >= 11 is 1.31. The zero-order valence-electron chi connectivity index (χ0n) is 15.1. The van der Waals surface area contributed by atoms with E-state index < -0.39 is 0 Å². The number of rotatable bonds is 5. The minimum absolute atomic E-state index is 0.0227. The van der Waals surface area contributed by atoms with Gasteiger partial charge in [0.1, 0.15) is 0 Å². The first-order valence-electron chi connectivity index (χ1n) is 8.05. The highest BCUT2D eigenvalue weighted by Gasteiger charge is 2.38.